The zero-order chi connectivity index (χ0) is 30.8. The van der Waals surface area contributed by atoms with E-state index in [4.69, 9.17) is 0 Å². The third kappa shape index (κ3) is 6.94. The van der Waals surface area contributed by atoms with E-state index >= 15 is 0 Å². The fraction of sp³-hybridized carbons (Fsp3) is 0.375. The van der Waals surface area contributed by atoms with Gasteiger partial charge in [0.1, 0.15) is 6.29 Å². The molecule has 228 valence electrons. The molecule has 5 rings (SSSR count). The largest absolute Gasteiger partial charge is 0.416 e. The van der Waals surface area contributed by atoms with Crippen molar-refractivity contribution in [1.82, 2.24) is 14.7 Å². The first kappa shape index (κ1) is 30.7. The van der Waals surface area contributed by atoms with Gasteiger partial charge in [-0.3, -0.25) is 14.6 Å². The Bertz CT molecular complexity index is 1370. The van der Waals surface area contributed by atoms with Crippen molar-refractivity contribution in [3.05, 3.63) is 107 Å². The number of piperazine rings is 1. The standard InChI is InChI=1S/C32H31F6N3O2/c33-31(34,35)25-17-24(18-26(19-25)32(36,37)38)30(43)41-12-11-28(27(20-41)22-7-3-1-4-8-22)39-13-15-40(16-14-39)29(21-42)23-9-5-2-6-10-23/h1-10,17-19,21,27-29H,11-16,20H2. The number of hydrogen-bond donors (Lipinski definition) is 0. The van der Waals surface area contributed by atoms with Gasteiger partial charge in [0.05, 0.1) is 17.2 Å². The van der Waals surface area contributed by atoms with Crippen LogP contribution in [0.15, 0.2) is 78.9 Å². The van der Waals surface area contributed by atoms with Crippen LogP contribution in [0.25, 0.3) is 0 Å². The molecule has 11 heteroatoms. The maximum Gasteiger partial charge on any atom is 0.416 e. The van der Waals surface area contributed by atoms with Crippen LogP contribution in [0.2, 0.25) is 0 Å². The van der Waals surface area contributed by atoms with Crippen LogP contribution in [-0.2, 0) is 17.1 Å². The lowest BCUT2D eigenvalue weighted by atomic mass is 9.84. The van der Waals surface area contributed by atoms with Gasteiger partial charge >= 0.3 is 12.4 Å². The second kappa shape index (κ2) is 12.5. The van der Waals surface area contributed by atoms with Crippen molar-refractivity contribution in [2.24, 2.45) is 0 Å². The molecule has 3 aromatic carbocycles. The number of nitrogens with zero attached hydrogens (tertiary/aromatic N) is 3. The second-order valence-electron chi connectivity index (χ2n) is 11.0. The SMILES string of the molecule is O=CC(c1ccccc1)N1CCN(C2CCN(C(=O)c3cc(C(F)(F)F)cc(C(F)(F)F)c3)CC2c2ccccc2)CC1. The van der Waals surface area contributed by atoms with Gasteiger partial charge in [-0.05, 0) is 35.7 Å². The number of halogens is 6. The third-order valence-corrected chi connectivity index (χ3v) is 8.41. The van der Waals surface area contributed by atoms with Gasteiger partial charge in [-0.15, -0.1) is 0 Å². The molecule has 3 aromatic rings. The molecular formula is C32H31F6N3O2. The highest BCUT2D eigenvalue weighted by Crippen LogP contribution is 2.38. The predicted molar refractivity (Wildman–Crippen MR) is 148 cm³/mol. The van der Waals surface area contributed by atoms with E-state index in [1.165, 1.54) is 4.90 Å². The molecule has 43 heavy (non-hydrogen) atoms. The van der Waals surface area contributed by atoms with Crippen molar-refractivity contribution in [3.8, 4) is 0 Å². The molecule has 0 bridgehead atoms. The van der Waals surface area contributed by atoms with Crippen molar-refractivity contribution >= 4 is 12.2 Å². The molecule has 0 aromatic heterocycles. The fourth-order valence-electron chi connectivity index (χ4n) is 6.22. The van der Waals surface area contributed by atoms with E-state index in [0.29, 0.717) is 44.7 Å². The summed E-state index contributed by atoms with van der Waals surface area (Å²) < 4.78 is 80.8. The molecule has 2 aliphatic heterocycles. The number of alkyl halides is 6. The highest BCUT2D eigenvalue weighted by atomic mass is 19.4. The Morgan fingerprint density at radius 3 is 1.86 bits per heavy atom. The van der Waals surface area contributed by atoms with Crippen LogP contribution < -0.4 is 0 Å². The number of amides is 1. The number of carbonyl (C=O) groups is 2. The Morgan fingerprint density at radius 1 is 0.767 bits per heavy atom. The van der Waals surface area contributed by atoms with E-state index < -0.39 is 35.0 Å². The summed E-state index contributed by atoms with van der Waals surface area (Å²) in [5, 5.41) is 0. The van der Waals surface area contributed by atoms with Crippen LogP contribution in [0.1, 0.15) is 51.0 Å². The summed E-state index contributed by atoms with van der Waals surface area (Å²) in [4.78, 5) is 31.2. The Hall–Kier alpha value is -3.70. The molecule has 1 amide bonds. The number of aldehydes is 1. The number of piperidine rings is 1. The molecule has 5 nitrogen and oxygen atoms in total. The van der Waals surface area contributed by atoms with Crippen molar-refractivity contribution in [3.63, 3.8) is 0 Å². The van der Waals surface area contributed by atoms with Gasteiger partial charge in [-0.1, -0.05) is 60.7 Å². The number of benzene rings is 3. The van der Waals surface area contributed by atoms with Crippen molar-refractivity contribution in [1.29, 1.82) is 0 Å². The molecule has 0 spiro atoms. The first-order chi connectivity index (χ1) is 20.5. The molecule has 3 atom stereocenters. The van der Waals surface area contributed by atoms with Gasteiger partial charge in [-0.2, -0.15) is 26.3 Å². The van der Waals surface area contributed by atoms with Crippen molar-refractivity contribution in [2.75, 3.05) is 39.3 Å². The molecule has 0 aliphatic carbocycles. The van der Waals surface area contributed by atoms with Crippen LogP contribution in [0.3, 0.4) is 0 Å². The van der Waals surface area contributed by atoms with E-state index in [9.17, 15) is 35.9 Å². The highest BCUT2D eigenvalue weighted by Gasteiger charge is 2.40. The first-order valence-corrected chi connectivity index (χ1v) is 14.1. The quantitative estimate of drug-likeness (QED) is 0.246. The Morgan fingerprint density at radius 2 is 1.33 bits per heavy atom. The first-order valence-electron chi connectivity index (χ1n) is 14.1. The van der Waals surface area contributed by atoms with Crippen LogP contribution in [-0.4, -0.2) is 72.2 Å². The lowest BCUT2D eigenvalue weighted by Gasteiger charge is -2.47. The van der Waals surface area contributed by atoms with Crippen LogP contribution in [0.5, 0.6) is 0 Å². The smallest absolute Gasteiger partial charge is 0.338 e. The fourth-order valence-corrected chi connectivity index (χ4v) is 6.22. The van der Waals surface area contributed by atoms with Crippen LogP contribution in [0, 0.1) is 0 Å². The number of hydrogen-bond acceptors (Lipinski definition) is 4. The summed E-state index contributed by atoms with van der Waals surface area (Å²) in [5.41, 5.74) is -1.81. The normalized spacial score (nSPS) is 21.4. The zero-order valence-corrected chi connectivity index (χ0v) is 23.2. The summed E-state index contributed by atoms with van der Waals surface area (Å²) in [7, 11) is 0. The maximum atomic E-state index is 13.5. The average molecular weight is 604 g/mol. The Kier molecular flexibility index (Phi) is 8.94. The second-order valence-corrected chi connectivity index (χ2v) is 11.0. The van der Waals surface area contributed by atoms with Gasteiger partial charge in [-0.25, -0.2) is 0 Å². The molecule has 2 fully saturated rings. The summed E-state index contributed by atoms with van der Waals surface area (Å²) in [6, 6.07) is 19.6. The third-order valence-electron chi connectivity index (χ3n) is 8.41. The molecule has 0 radical (unpaired) electrons. The van der Waals surface area contributed by atoms with E-state index in [0.717, 1.165) is 17.4 Å². The van der Waals surface area contributed by atoms with Crippen LogP contribution >= 0.6 is 0 Å². The van der Waals surface area contributed by atoms with Crippen molar-refractivity contribution in [2.45, 2.75) is 36.8 Å². The van der Waals surface area contributed by atoms with E-state index in [1.54, 1.807) is 0 Å². The molecule has 2 aliphatic rings. The molecule has 3 unspecified atom stereocenters. The summed E-state index contributed by atoms with van der Waals surface area (Å²) in [6.45, 7) is 2.95. The van der Waals surface area contributed by atoms with Crippen molar-refractivity contribution < 1.29 is 35.9 Å². The van der Waals surface area contributed by atoms with Gasteiger partial charge in [0.2, 0.25) is 0 Å². The van der Waals surface area contributed by atoms with Crippen LogP contribution in [0.4, 0.5) is 26.3 Å². The number of carbonyl (C=O) groups excluding carboxylic acids is 2. The maximum absolute atomic E-state index is 13.5. The lowest BCUT2D eigenvalue weighted by Crippen LogP contribution is -2.57. The van der Waals surface area contributed by atoms with E-state index in [-0.39, 0.29) is 37.2 Å². The van der Waals surface area contributed by atoms with Gasteiger partial charge < -0.3 is 9.69 Å². The average Bonchev–Trinajstić information content (AvgIpc) is 3.01. The highest BCUT2D eigenvalue weighted by molar-refractivity contribution is 5.95. The summed E-state index contributed by atoms with van der Waals surface area (Å²) in [5.74, 6) is -1.08. The van der Waals surface area contributed by atoms with Gasteiger partial charge in [0, 0.05) is 56.8 Å². The molecule has 2 heterocycles. The monoisotopic (exact) mass is 603 g/mol. The van der Waals surface area contributed by atoms with Gasteiger partial charge in [0.15, 0.2) is 0 Å². The number of rotatable bonds is 6. The molecule has 0 N–H and O–H groups in total. The van der Waals surface area contributed by atoms with E-state index in [2.05, 4.69) is 9.80 Å². The zero-order valence-electron chi connectivity index (χ0n) is 23.2. The topological polar surface area (TPSA) is 43.9 Å². The Balaban J connectivity index is 1.36. The van der Waals surface area contributed by atoms with Gasteiger partial charge in [0.25, 0.3) is 5.91 Å². The molecule has 0 saturated carbocycles. The summed E-state index contributed by atoms with van der Waals surface area (Å²) in [6.07, 6.45) is -8.64. The molecular weight excluding hydrogens is 572 g/mol. The lowest BCUT2D eigenvalue weighted by molar-refractivity contribution is -0.143. The molecule has 2 saturated heterocycles. The minimum atomic E-state index is -5.04. The van der Waals surface area contributed by atoms with E-state index in [1.807, 2.05) is 60.7 Å². The summed E-state index contributed by atoms with van der Waals surface area (Å²) >= 11 is 0. The minimum absolute atomic E-state index is 0.00717. The Labute approximate surface area is 245 Å². The number of likely N-dealkylation sites (tertiary alicyclic amines) is 1. The predicted octanol–water partition coefficient (Wildman–Crippen LogP) is 6.28. The minimum Gasteiger partial charge on any atom is -0.338 e.